The van der Waals surface area contributed by atoms with Gasteiger partial charge in [0.1, 0.15) is 6.10 Å². The average Bonchev–Trinajstić information content (AvgIpc) is 3.18. The average molecular weight is 334 g/mol. The summed E-state index contributed by atoms with van der Waals surface area (Å²) < 4.78 is 7.98. The molecule has 6 heteroatoms. The molecule has 5 nitrogen and oxygen atoms in total. The van der Waals surface area contributed by atoms with Gasteiger partial charge in [0.05, 0.1) is 10.7 Å². The van der Waals surface area contributed by atoms with Gasteiger partial charge in [-0.1, -0.05) is 13.8 Å². The smallest absolute Gasteiger partial charge is 0.101 e. The summed E-state index contributed by atoms with van der Waals surface area (Å²) in [5.41, 5.74) is 3.51. The molecule has 0 aromatic carbocycles. The highest BCUT2D eigenvalue weighted by atomic mass is 32.1. The summed E-state index contributed by atoms with van der Waals surface area (Å²) in [5, 5.41) is 9.41. The summed E-state index contributed by atoms with van der Waals surface area (Å²) in [6.07, 6.45) is 3.13. The molecule has 1 aliphatic rings. The van der Waals surface area contributed by atoms with Crippen molar-refractivity contribution < 1.29 is 4.74 Å². The number of nitrogens with one attached hydrogen (secondary N) is 1. The van der Waals surface area contributed by atoms with E-state index in [0.29, 0.717) is 12.0 Å². The molecule has 2 atom stereocenters. The van der Waals surface area contributed by atoms with E-state index < -0.39 is 0 Å². The number of hydrogen-bond acceptors (Lipinski definition) is 5. The van der Waals surface area contributed by atoms with Crippen molar-refractivity contribution in [2.45, 2.75) is 58.7 Å². The fourth-order valence-corrected chi connectivity index (χ4v) is 4.06. The topological polar surface area (TPSA) is 52.0 Å². The van der Waals surface area contributed by atoms with E-state index >= 15 is 0 Å². The molecule has 1 fully saturated rings. The summed E-state index contributed by atoms with van der Waals surface area (Å²) in [6.45, 7) is 10.2. The van der Waals surface area contributed by atoms with Crippen LogP contribution in [0.5, 0.6) is 0 Å². The van der Waals surface area contributed by atoms with Gasteiger partial charge >= 0.3 is 0 Å². The van der Waals surface area contributed by atoms with Gasteiger partial charge in [0.2, 0.25) is 0 Å². The van der Waals surface area contributed by atoms with Crippen LogP contribution in [0.1, 0.15) is 59.1 Å². The second-order valence-electron chi connectivity index (χ2n) is 6.60. The molecule has 1 aliphatic heterocycles. The SMILES string of the molecule is Cc1nn(C)c(C)c1[C@H]1OCC[C@@H]1NCc1cnc(C(C)C)s1. The Bertz CT molecular complexity index is 676. The number of thiazole rings is 1. The predicted octanol–water partition coefficient (Wildman–Crippen LogP) is 3.24. The highest BCUT2D eigenvalue weighted by Crippen LogP contribution is 2.33. The number of nitrogens with zero attached hydrogens (tertiary/aromatic N) is 3. The van der Waals surface area contributed by atoms with Crippen LogP contribution in [0.15, 0.2) is 6.20 Å². The normalized spacial score (nSPS) is 21.5. The molecule has 0 bridgehead atoms. The first-order valence-corrected chi connectivity index (χ1v) is 9.08. The lowest BCUT2D eigenvalue weighted by Crippen LogP contribution is -2.31. The zero-order chi connectivity index (χ0) is 16.6. The van der Waals surface area contributed by atoms with Crippen LogP contribution in [0.25, 0.3) is 0 Å². The Kier molecular flexibility index (Phi) is 4.85. The third kappa shape index (κ3) is 3.34. The van der Waals surface area contributed by atoms with Crippen LogP contribution in [0.3, 0.4) is 0 Å². The van der Waals surface area contributed by atoms with Gasteiger partial charge in [-0.2, -0.15) is 5.10 Å². The number of aromatic nitrogens is 3. The third-order valence-electron chi connectivity index (χ3n) is 4.55. The standard InChI is InChI=1S/C17H26N4OS/c1-10(2)17-19-9-13(23-17)8-18-14-6-7-22-16(14)15-11(3)20-21(5)12(15)4/h9-10,14,16,18H,6-8H2,1-5H3/t14-,16-/m0/s1. The van der Waals surface area contributed by atoms with E-state index in [0.717, 1.165) is 25.3 Å². The molecule has 3 rings (SSSR count). The van der Waals surface area contributed by atoms with Gasteiger partial charge in [0.25, 0.3) is 0 Å². The number of ether oxygens (including phenoxy) is 1. The molecule has 0 saturated carbocycles. The first kappa shape index (κ1) is 16.6. The Morgan fingerprint density at radius 1 is 1.43 bits per heavy atom. The molecular formula is C17H26N4OS. The zero-order valence-corrected chi connectivity index (χ0v) is 15.4. The summed E-state index contributed by atoms with van der Waals surface area (Å²) in [4.78, 5) is 5.79. The molecule has 1 N–H and O–H groups in total. The highest BCUT2D eigenvalue weighted by Gasteiger charge is 2.33. The van der Waals surface area contributed by atoms with Gasteiger partial charge in [0.15, 0.2) is 0 Å². The predicted molar refractivity (Wildman–Crippen MR) is 92.8 cm³/mol. The van der Waals surface area contributed by atoms with Gasteiger partial charge in [-0.15, -0.1) is 11.3 Å². The monoisotopic (exact) mass is 334 g/mol. The number of rotatable bonds is 5. The second-order valence-corrected chi connectivity index (χ2v) is 7.74. The van der Waals surface area contributed by atoms with Gasteiger partial charge in [-0.25, -0.2) is 4.98 Å². The van der Waals surface area contributed by atoms with Crippen molar-refractivity contribution in [3.63, 3.8) is 0 Å². The van der Waals surface area contributed by atoms with Crippen LogP contribution in [0.2, 0.25) is 0 Å². The fraction of sp³-hybridized carbons (Fsp3) is 0.647. The molecule has 1 saturated heterocycles. The first-order chi connectivity index (χ1) is 11.0. The molecule has 0 amide bonds. The lowest BCUT2D eigenvalue weighted by Gasteiger charge is -2.20. The molecule has 23 heavy (non-hydrogen) atoms. The van der Waals surface area contributed by atoms with Gasteiger partial charge in [-0.05, 0) is 20.3 Å². The van der Waals surface area contributed by atoms with Crippen LogP contribution in [-0.2, 0) is 18.3 Å². The van der Waals surface area contributed by atoms with E-state index in [1.54, 1.807) is 11.3 Å². The molecule has 0 aliphatic carbocycles. The van der Waals surface area contributed by atoms with E-state index in [2.05, 4.69) is 43.1 Å². The lowest BCUT2D eigenvalue weighted by molar-refractivity contribution is 0.0974. The maximum atomic E-state index is 6.03. The van der Waals surface area contributed by atoms with E-state index in [-0.39, 0.29) is 6.10 Å². The minimum absolute atomic E-state index is 0.0983. The summed E-state index contributed by atoms with van der Waals surface area (Å²) in [5.74, 6) is 0.497. The Hall–Kier alpha value is -1.24. The van der Waals surface area contributed by atoms with Crippen molar-refractivity contribution in [3.05, 3.63) is 33.0 Å². The van der Waals surface area contributed by atoms with Gasteiger partial charge in [0, 0.05) is 54.5 Å². The van der Waals surface area contributed by atoms with Gasteiger partial charge < -0.3 is 10.1 Å². The third-order valence-corrected chi connectivity index (χ3v) is 5.84. The van der Waals surface area contributed by atoms with Crippen LogP contribution < -0.4 is 5.32 Å². The largest absolute Gasteiger partial charge is 0.372 e. The van der Waals surface area contributed by atoms with Crippen molar-refractivity contribution in [1.82, 2.24) is 20.1 Å². The van der Waals surface area contributed by atoms with Crippen LogP contribution >= 0.6 is 11.3 Å². The molecule has 2 aromatic rings. The molecule has 2 aromatic heterocycles. The van der Waals surface area contributed by atoms with Crippen LogP contribution in [0.4, 0.5) is 0 Å². The van der Waals surface area contributed by atoms with E-state index in [1.807, 2.05) is 17.9 Å². The van der Waals surface area contributed by atoms with Crippen LogP contribution in [0, 0.1) is 13.8 Å². The molecule has 0 spiro atoms. The summed E-state index contributed by atoms with van der Waals surface area (Å²) >= 11 is 1.80. The molecule has 126 valence electrons. The number of hydrogen-bond donors (Lipinski definition) is 1. The summed E-state index contributed by atoms with van der Waals surface area (Å²) in [7, 11) is 1.99. The fourth-order valence-electron chi connectivity index (χ4n) is 3.19. The van der Waals surface area contributed by atoms with Crippen molar-refractivity contribution in [2.75, 3.05) is 6.61 Å². The minimum atomic E-state index is 0.0983. The van der Waals surface area contributed by atoms with Crippen LogP contribution in [-0.4, -0.2) is 27.4 Å². The second kappa shape index (κ2) is 6.71. The van der Waals surface area contributed by atoms with E-state index in [9.17, 15) is 0 Å². The van der Waals surface area contributed by atoms with Crippen molar-refractivity contribution in [3.8, 4) is 0 Å². The molecule has 0 unspecified atom stereocenters. The van der Waals surface area contributed by atoms with Crippen molar-refractivity contribution in [1.29, 1.82) is 0 Å². The molecule has 3 heterocycles. The Morgan fingerprint density at radius 3 is 2.83 bits per heavy atom. The zero-order valence-electron chi connectivity index (χ0n) is 14.6. The van der Waals surface area contributed by atoms with Crippen molar-refractivity contribution >= 4 is 11.3 Å². The Balaban J connectivity index is 1.69. The Labute approximate surface area is 142 Å². The van der Waals surface area contributed by atoms with E-state index in [4.69, 9.17) is 4.74 Å². The quantitative estimate of drug-likeness (QED) is 0.912. The minimum Gasteiger partial charge on any atom is -0.372 e. The maximum absolute atomic E-state index is 6.03. The molecular weight excluding hydrogens is 308 g/mol. The Morgan fingerprint density at radius 2 is 2.22 bits per heavy atom. The first-order valence-electron chi connectivity index (χ1n) is 8.27. The van der Waals surface area contributed by atoms with Crippen molar-refractivity contribution in [2.24, 2.45) is 7.05 Å². The maximum Gasteiger partial charge on any atom is 0.101 e. The number of aryl methyl sites for hydroxylation is 2. The highest BCUT2D eigenvalue weighted by molar-refractivity contribution is 7.11. The van der Waals surface area contributed by atoms with E-state index in [1.165, 1.54) is 21.1 Å². The molecule has 0 radical (unpaired) electrons. The lowest BCUT2D eigenvalue weighted by atomic mass is 10.0. The summed E-state index contributed by atoms with van der Waals surface area (Å²) in [6, 6.07) is 0.334. The van der Waals surface area contributed by atoms with Gasteiger partial charge in [-0.3, -0.25) is 4.68 Å².